The van der Waals surface area contributed by atoms with Crippen molar-refractivity contribution in [3.63, 3.8) is 0 Å². The summed E-state index contributed by atoms with van der Waals surface area (Å²) < 4.78 is 5.56. The minimum atomic E-state index is -0.567. The minimum absolute atomic E-state index is 0.0106. The summed E-state index contributed by atoms with van der Waals surface area (Å²) in [6.07, 6.45) is 7.77. The lowest BCUT2D eigenvalue weighted by Gasteiger charge is -2.46. The second-order valence-corrected chi connectivity index (χ2v) is 8.62. The number of benzene rings is 1. The molecule has 2 amide bonds. The Kier molecular flexibility index (Phi) is 6.50. The van der Waals surface area contributed by atoms with E-state index in [0.717, 1.165) is 44.8 Å². The third-order valence-corrected chi connectivity index (χ3v) is 6.90. The van der Waals surface area contributed by atoms with E-state index in [1.54, 1.807) is 4.90 Å². The van der Waals surface area contributed by atoms with Gasteiger partial charge < -0.3 is 15.0 Å². The molecule has 1 aliphatic carbocycles. The first-order valence-corrected chi connectivity index (χ1v) is 11.2. The maximum absolute atomic E-state index is 13.0. The highest BCUT2D eigenvalue weighted by Gasteiger charge is 2.41. The Morgan fingerprint density at radius 3 is 2.41 bits per heavy atom. The third-order valence-electron chi connectivity index (χ3n) is 6.90. The van der Waals surface area contributed by atoms with Crippen molar-refractivity contribution in [3.8, 4) is 0 Å². The molecule has 4 rings (SSSR count). The second kappa shape index (κ2) is 9.26. The van der Waals surface area contributed by atoms with E-state index in [4.69, 9.17) is 4.74 Å². The number of carbonyl (C=O) groups is 2. The normalized spacial score (nSPS) is 25.6. The molecule has 0 spiro atoms. The first kappa shape index (κ1) is 20.4. The van der Waals surface area contributed by atoms with E-state index >= 15 is 0 Å². The fraction of sp³-hybridized carbons (Fsp3) is 0.652. The minimum Gasteiger partial charge on any atom is -0.379 e. The number of hydrogen-bond donors (Lipinski definition) is 1. The average molecular weight is 400 g/mol. The van der Waals surface area contributed by atoms with Crippen LogP contribution in [0.25, 0.3) is 0 Å². The number of ether oxygens (including phenoxy) is 1. The highest BCUT2D eigenvalue weighted by Crippen LogP contribution is 2.33. The predicted molar refractivity (Wildman–Crippen MR) is 113 cm³/mol. The van der Waals surface area contributed by atoms with Gasteiger partial charge in [-0.05, 0) is 31.4 Å². The number of rotatable bonds is 5. The van der Waals surface area contributed by atoms with Gasteiger partial charge in [0.2, 0.25) is 11.8 Å². The Morgan fingerprint density at radius 2 is 1.72 bits per heavy atom. The van der Waals surface area contributed by atoms with Crippen LogP contribution in [0, 0.1) is 5.92 Å². The summed E-state index contributed by atoms with van der Waals surface area (Å²) in [5, 5.41) is 3.19. The monoisotopic (exact) mass is 399 g/mol. The first-order valence-electron chi connectivity index (χ1n) is 11.2. The van der Waals surface area contributed by atoms with Gasteiger partial charge in [-0.3, -0.25) is 14.5 Å². The standard InChI is InChI=1S/C23H33N3O3/c27-21(20-10-13-26(22(20)28)19-8-4-3-5-9-19)24-18-23(11-6-1-2-7-12-23)25-14-16-29-17-15-25/h3-5,8-9,20H,1-2,6-7,10-18H2,(H,24,27)/t20-/m0/s1. The molecule has 1 aromatic carbocycles. The van der Waals surface area contributed by atoms with Crippen molar-refractivity contribution in [2.45, 2.75) is 50.5 Å². The summed E-state index contributed by atoms with van der Waals surface area (Å²) in [6.45, 7) is 4.64. The maximum atomic E-state index is 13.0. The molecule has 1 aromatic rings. The number of morpholine rings is 1. The number of para-hydroxylation sites is 1. The second-order valence-electron chi connectivity index (χ2n) is 8.62. The lowest BCUT2D eigenvalue weighted by molar-refractivity contribution is -0.132. The van der Waals surface area contributed by atoms with Crippen molar-refractivity contribution in [1.82, 2.24) is 10.2 Å². The SMILES string of the molecule is O=C(NCC1(N2CCOCC2)CCCCCC1)[C@@H]1CCN(c2ccccc2)C1=O. The zero-order valence-corrected chi connectivity index (χ0v) is 17.3. The molecule has 1 saturated carbocycles. The van der Waals surface area contributed by atoms with Gasteiger partial charge in [0.05, 0.1) is 13.2 Å². The molecular weight excluding hydrogens is 366 g/mol. The van der Waals surface area contributed by atoms with Gasteiger partial charge >= 0.3 is 0 Å². The van der Waals surface area contributed by atoms with Crippen LogP contribution < -0.4 is 10.2 Å². The van der Waals surface area contributed by atoms with Crippen LogP contribution in [0.3, 0.4) is 0 Å². The largest absolute Gasteiger partial charge is 0.379 e. The molecule has 3 fully saturated rings. The molecule has 0 unspecified atom stereocenters. The molecular formula is C23H33N3O3. The number of hydrogen-bond acceptors (Lipinski definition) is 4. The van der Waals surface area contributed by atoms with Crippen molar-refractivity contribution >= 4 is 17.5 Å². The van der Waals surface area contributed by atoms with Crippen LogP contribution in [0.5, 0.6) is 0 Å². The molecule has 2 saturated heterocycles. The summed E-state index contributed by atoms with van der Waals surface area (Å²) in [5.74, 6) is -0.747. The molecule has 6 nitrogen and oxygen atoms in total. The Hall–Kier alpha value is -1.92. The Bertz CT molecular complexity index is 695. The van der Waals surface area contributed by atoms with E-state index in [1.165, 1.54) is 25.7 Å². The van der Waals surface area contributed by atoms with E-state index in [0.29, 0.717) is 19.5 Å². The number of anilines is 1. The third kappa shape index (κ3) is 4.48. The van der Waals surface area contributed by atoms with Gasteiger partial charge in [0, 0.05) is 37.4 Å². The van der Waals surface area contributed by atoms with Crippen molar-refractivity contribution in [3.05, 3.63) is 30.3 Å². The van der Waals surface area contributed by atoms with Crippen LogP contribution in [0.2, 0.25) is 0 Å². The van der Waals surface area contributed by atoms with Crippen molar-refractivity contribution in [1.29, 1.82) is 0 Å². The first-order chi connectivity index (χ1) is 14.2. The molecule has 2 heterocycles. The molecule has 6 heteroatoms. The highest BCUT2D eigenvalue weighted by molar-refractivity contribution is 6.09. The van der Waals surface area contributed by atoms with Crippen LogP contribution in [0.4, 0.5) is 5.69 Å². The van der Waals surface area contributed by atoms with Crippen LogP contribution in [0.1, 0.15) is 44.9 Å². The molecule has 1 atom stereocenters. The van der Waals surface area contributed by atoms with Gasteiger partial charge in [-0.1, -0.05) is 43.9 Å². The molecule has 0 aromatic heterocycles. The van der Waals surface area contributed by atoms with Crippen LogP contribution in [-0.2, 0) is 14.3 Å². The summed E-state index contributed by atoms with van der Waals surface area (Å²) in [7, 11) is 0. The zero-order valence-electron chi connectivity index (χ0n) is 17.3. The lowest BCUT2D eigenvalue weighted by atomic mass is 9.87. The summed E-state index contributed by atoms with van der Waals surface area (Å²) in [5.41, 5.74) is 0.887. The molecule has 0 radical (unpaired) electrons. The maximum Gasteiger partial charge on any atom is 0.239 e. The predicted octanol–water partition coefficient (Wildman–Crippen LogP) is 2.58. The fourth-order valence-electron chi connectivity index (χ4n) is 5.19. The quantitative estimate of drug-likeness (QED) is 0.611. The van der Waals surface area contributed by atoms with Crippen molar-refractivity contribution in [2.75, 3.05) is 44.3 Å². The summed E-state index contributed by atoms with van der Waals surface area (Å²) in [4.78, 5) is 30.1. The van der Waals surface area contributed by atoms with E-state index in [2.05, 4.69) is 10.2 Å². The Balaban J connectivity index is 1.41. The van der Waals surface area contributed by atoms with Crippen molar-refractivity contribution in [2.24, 2.45) is 5.92 Å². The molecule has 2 aliphatic heterocycles. The molecule has 158 valence electrons. The molecule has 1 N–H and O–H groups in total. The van der Waals surface area contributed by atoms with E-state index in [-0.39, 0.29) is 17.4 Å². The fourth-order valence-corrected chi connectivity index (χ4v) is 5.19. The highest BCUT2D eigenvalue weighted by atomic mass is 16.5. The van der Waals surface area contributed by atoms with Crippen LogP contribution >= 0.6 is 0 Å². The summed E-state index contributed by atoms with van der Waals surface area (Å²) in [6, 6.07) is 9.64. The molecule has 0 bridgehead atoms. The van der Waals surface area contributed by atoms with Gasteiger partial charge in [-0.2, -0.15) is 0 Å². The average Bonchev–Trinajstić information content (AvgIpc) is 2.99. The van der Waals surface area contributed by atoms with Gasteiger partial charge in [-0.25, -0.2) is 0 Å². The van der Waals surface area contributed by atoms with Crippen LogP contribution in [0.15, 0.2) is 30.3 Å². The van der Waals surface area contributed by atoms with E-state index < -0.39 is 5.92 Å². The number of carbonyl (C=O) groups excluding carboxylic acids is 2. The smallest absolute Gasteiger partial charge is 0.239 e. The van der Waals surface area contributed by atoms with E-state index in [1.807, 2.05) is 30.3 Å². The van der Waals surface area contributed by atoms with Crippen LogP contribution in [-0.4, -0.2) is 61.6 Å². The van der Waals surface area contributed by atoms with Gasteiger partial charge in [0.15, 0.2) is 0 Å². The number of amides is 2. The Labute approximate surface area is 173 Å². The number of nitrogens with one attached hydrogen (secondary N) is 1. The summed E-state index contributed by atoms with van der Waals surface area (Å²) >= 11 is 0. The Morgan fingerprint density at radius 1 is 1.03 bits per heavy atom. The molecule has 29 heavy (non-hydrogen) atoms. The number of nitrogens with zero attached hydrogens (tertiary/aromatic N) is 2. The van der Waals surface area contributed by atoms with E-state index in [9.17, 15) is 9.59 Å². The topological polar surface area (TPSA) is 61.9 Å². The molecule has 3 aliphatic rings. The lowest BCUT2D eigenvalue weighted by Crippen LogP contribution is -2.59. The van der Waals surface area contributed by atoms with Gasteiger partial charge in [0.1, 0.15) is 5.92 Å². The van der Waals surface area contributed by atoms with Gasteiger partial charge in [0.25, 0.3) is 0 Å². The van der Waals surface area contributed by atoms with Gasteiger partial charge in [-0.15, -0.1) is 0 Å². The van der Waals surface area contributed by atoms with Crippen molar-refractivity contribution < 1.29 is 14.3 Å². The zero-order chi connectivity index (χ0) is 20.1.